The number of benzene rings is 2. The number of anilines is 1. The van der Waals surface area contributed by atoms with Gasteiger partial charge in [0.1, 0.15) is 5.82 Å². The molecule has 1 N–H and O–H groups in total. The third kappa shape index (κ3) is 5.55. The van der Waals surface area contributed by atoms with E-state index in [-0.39, 0.29) is 18.2 Å². The van der Waals surface area contributed by atoms with Crippen LogP contribution in [0.4, 0.5) is 10.1 Å². The minimum absolute atomic E-state index is 0.0845. The number of halogens is 1. The number of carboxylic acid groups (broad SMARTS) is 1. The standard InChI is InChI=1S/C21H25FN2O.CH2O2/c1-15-7-8-16(12-20(15)22)11-17-9-10-24(14-17)21(25)18-5-4-6-19(13-18)23(2)3;2-1-3/h4-8,12-13,17H,9-11,14H2,1-3H3;1H,(H,2,3). The van der Waals surface area contributed by atoms with E-state index in [4.69, 9.17) is 9.90 Å². The Balaban J connectivity index is 0.000000878. The largest absolute Gasteiger partial charge is 0.483 e. The fourth-order valence-corrected chi connectivity index (χ4v) is 3.38. The summed E-state index contributed by atoms with van der Waals surface area (Å²) in [5.74, 6) is 0.327. The topological polar surface area (TPSA) is 60.9 Å². The molecule has 1 fully saturated rings. The summed E-state index contributed by atoms with van der Waals surface area (Å²) < 4.78 is 13.7. The lowest BCUT2D eigenvalue weighted by Gasteiger charge is -2.19. The van der Waals surface area contributed by atoms with Crippen LogP contribution in [0, 0.1) is 18.7 Å². The highest BCUT2D eigenvalue weighted by Gasteiger charge is 2.27. The lowest BCUT2D eigenvalue weighted by atomic mass is 9.98. The Bertz CT molecular complexity index is 823. The Morgan fingerprint density at radius 3 is 2.64 bits per heavy atom. The van der Waals surface area contributed by atoms with Gasteiger partial charge < -0.3 is 14.9 Å². The number of amides is 1. The van der Waals surface area contributed by atoms with Crippen LogP contribution >= 0.6 is 0 Å². The highest BCUT2D eigenvalue weighted by Crippen LogP contribution is 2.24. The molecular formula is C22H27FN2O3. The van der Waals surface area contributed by atoms with E-state index in [2.05, 4.69) is 0 Å². The molecule has 1 amide bonds. The second-order valence-electron chi connectivity index (χ2n) is 7.24. The van der Waals surface area contributed by atoms with Crippen LogP contribution in [0.15, 0.2) is 42.5 Å². The zero-order chi connectivity index (χ0) is 20.7. The minimum Gasteiger partial charge on any atom is -0.483 e. The molecule has 28 heavy (non-hydrogen) atoms. The van der Waals surface area contributed by atoms with Crippen molar-refractivity contribution < 1.29 is 19.1 Å². The van der Waals surface area contributed by atoms with Gasteiger partial charge >= 0.3 is 0 Å². The Kier molecular flexibility index (Phi) is 7.55. The molecule has 1 saturated heterocycles. The molecule has 150 valence electrons. The fraction of sp³-hybridized carbons (Fsp3) is 0.364. The quantitative estimate of drug-likeness (QED) is 0.816. The van der Waals surface area contributed by atoms with Gasteiger partial charge in [-0.25, -0.2) is 4.39 Å². The van der Waals surface area contributed by atoms with Crippen molar-refractivity contribution in [3.05, 3.63) is 65.0 Å². The Morgan fingerprint density at radius 1 is 1.29 bits per heavy atom. The van der Waals surface area contributed by atoms with Gasteiger partial charge in [0.05, 0.1) is 0 Å². The summed E-state index contributed by atoms with van der Waals surface area (Å²) in [6, 6.07) is 13.2. The normalized spacial score (nSPS) is 15.6. The lowest BCUT2D eigenvalue weighted by molar-refractivity contribution is -0.122. The van der Waals surface area contributed by atoms with Crippen LogP contribution in [-0.4, -0.2) is 49.6 Å². The van der Waals surface area contributed by atoms with Crippen LogP contribution in [0.5, 0.6) is 0 Å². The molecule has 1 aliphatic rings. The molecule has 1 atom stereocenters. The first-order valence-corrected chi connectivity index (χ1v) is 9.25. The van der Waals surface area contributed by atoms with Crippen molar-refractivity contribution in [1.29, 1.82) is 0 Å². The molecule has 1 unspecified atom stereocenters. The molecule has 2 aromatic rings. The van der Waals surface area contributed by atoms with E-state index in [0.717, 1.165) is 42.7 Å². The lowest BCUT2D eigenvalue weighted by Crippen LogP contribution is -2.29. The number of likely N-dealkylation sites (tertiary alicyclic amines) is 1. The van der Waals surface area contributed by atoms with Gasteiger partial charge in [0, 0.05) is 38.4 Å². The fourth-order valence-electron chi connectivity index (χ4n) is 3.38. The molecule has 0 radical (unpaired) electrons. The van der Waals surface area contributed by atoms with Crippen molar-refractivity contribution in [2.75, 3.05) is 32.1 Å². The van der Waals surface area contributed by atoms with Gasteiger partial charge in [-0.15, -0.1) is 0 Å². The number of hydrogen-bond donors (Lipinski definition) is 1. The van der Waals surface area contributed by atoms with Crippen LogP contribution in [0.2, 0.25) is 0 Å². The molecule has 0 spiro atoms. The molecule has 0 aromatic heterocycles. The summed E-state index contributed by atoms with van der Waals surface area (Å²) in [5.41, 5.74) is 3.44. The maximum Gasteiger partial charge on any atom is 0.290 e. The molecule has 1 aliphatic heterocycles. The predicted molar refractivity (Wildman–Crippen MR) is 108 cm³/mol. The molecule has 0 bridgehead atoms. The van der Waals surface area contributed by atoms with Gasteiger partial charge in [-0.2, -0.15) is 0 Å². The Hall–Kier alpha value is -2.89. The second kappa shape index (κ2) is 9.88. The molecule has 5 nitrogen and oxygen atoms in total. The van der Waals surface area contributed by atoms with Crippen LogP contribution in [0.3, 0.4) is 0 Å². The highest BCUT2D eigenvalue weighted by molar-refractivity contribution is 5.95. The van der Waals surface area contributed by atoms with Crippen LogP contribution < -0.4 is 4.90 Å². The van der Waals surface area contributed by atoms with Gasteiger partial charge in [-0.1, -0.05) is 18.2 Å². The van der Waals surface area contributed by atoms with Crippen molar-refractivity contribution in [2.24, 2.45) is 5.92 Å². The number of rotatable bonds is 4. The van der Waals surface area contributed by atoms with E-state index in [9.17, 15) is 9.18 Å². The van der Waals surface area contributed by atoms with E-state index in [1.807, 2.05) is 60.3 Å². The summed E-state index contributed by atoms with van der Waals surface area (Å²) in [4.78, 5) is 25.0. The maximum atomic E-state index is 13.7. The number of carbonyl (C=O) groups is 2. The summed E-state index contributed by atoms with van der Waals surface area (Å²) in [6.45, 7) is 3.03. The Labute approximate surface area is 165 Å². The van der Waals surface area contributed by atoms with Gasteiger partial charge in [0.2, 0.25) is 0 Å². The highest BCUT2D eigenvalue weighted by atomic mass is 19.1. The van der Waals surface area contributed by atoms with E-state index >= 15 is 0 Å². The van der Waals surface area contributed by atoms with E-state index in [1.165, 1.54) is 0 Å². The molecule has 1 heterocycles. The second-order valence-corrected chi connectivity index (χ2v) is 7.24. The molecule has 0 aliphatic carbocycles. The van der Waals surface area contributed by atoms with Crippen molar-refractivity contribution >= 4 is 18.1 Å². The summed E-state index contributed by atoms with van der Waals surface area (Å²) in [7, 11) is 3.94. The van der Waals surface area contributed by atoms with E-state index < -0.39 is 0 Å². The minimum atomic E-state index is -0.250. The van der Waals surface area contributed by atoms with E-state index in [1.54, 1.807) is 13.0 Å². The zero-order valence-corrected chi connectivity index (χ0v) is 16.6. The first kappa shape index (κ1) is 21.4. The molecular weight excluding hydrogens is 359 g/mol. The maximum absolute atomic E-state index is 13.7. The average molecular weight is 386 g/mol. The zero-order valence-electron chi connectivity index (χ0n) is 16.6. The third-order valence-electron chi connectivity index (χ3n) is 4.94. The van der Waals surface area contributed by atoms with Gasteiger partial charge in [-0.3, -0.25) is 9.59 Å². The van der Waals surface area contributed by atoms with Crippen molar-refractivity contribution in [3.8, 4) is 0 Å². The van der Waals surface area contributed by atoms with Crippen LogP contribution in [0.25, 0.3) is 0 Å². The van der Waals surface area contributed by atoms with Gasteiger partial charge in [0.15, 0.2) is 0 Å². The number of hydrogen-bond acceptors (Lipinski definition) is 3. The number of nitrogens with zero attached hydrogens (tertiary/aromatic N) is 2. The van der Waals surface area contributed by atoms with Crippen molar-refractivity contribution in [1.82, 2.24) is 4.90 Å². The predicted octanol–water partition coefficient (Wildman–Crippen LogP) is 3.61. The summed E-state index contributed by atoms with van der Waals surface area (Å²) in [5, 5.41) is 6.89. The van der Waals surface area contributed by atoms with Crippen LogP contribution in [-0.2, 0) is 11.2 Å². The summed E-state index contributed by atoms with van der Waals surface area (Å²) in [6.07, 6.45) is 1.79. The van der Waals surface area contributed by atoms with Gasteiger partial charge in [-0.05, 0) is 61.1 Å². The van der Waals surface area contributed by atoms with Crippen LogP contribution in [0.1, 0.15) is 27.9 Å². The van der Waals surface area contributed by atoms with Crippen molar-refractivity contribution in [2.45, 2.75) is 19.8 Å². The first-order valence-electron chi connectivity index (χ1n) is 9.25. The molecule has 0 saturated carbocycles. The molecule has 3 rings (SSSR count). The van der Waals surface area contributed by atoms with Crippen molar-refractivity contribution in [3.63, 3.8) is 0 Å². The number of aryl methyl sites for hydroxylation is 1. The first-order chi connectivity index (χ1) is 13.3. The average Bonchev–Trinajstić information content (AvgIpc) is 3.13. The summed E-state index contributed by atoms with van der Waals surface area (Å²) >= 11 is 0. The monoisotopic (exact) mass is 386 g/mol. The molecule has 2 aromatic carbocycles. The van der Waals surface area contributed by atoms with E-state index in [0.29, 0.717) is 11.5 Å². The SMILES string of the molecule is Cc1ccc(CC2CCN(C(=O)c3cccc(N(C)C)c3)C2)cc1F.O=CO. The third-order valence-corrected chi connectivity index (χ3v) is 4.94. The molecule has 6 heteroatoms. The smallest absolute Gasteiger partial charge is 0.290 e. The number of carbonyl (C=O) groups excluding carboxylic acids is 1. The van der Waals surface area contributed by atoms with Gasteiger partial charge in [0.25, 0.3) is 12.4 Å². The Morgan fingerprint density at radius 2 is 2.00 bits per heavy atom.